The van der Waals surface area contributed by atoms with Crippen LogP contribution in [0.2, 0.25) is 0 Å². The molecule has 2 rings (SSSR count). The van der Waals surface area contributed by atoms with Crippen molar-refractivity contribution in [2.45, 2.75) is 13.0 Å². The predicted molar refractivity (Wildman–Crippen MR) is 85.2 cm³/mol. The molecule has 10 heteroatoms. The highest BCUT2D eigenvalue weighted by Crippen LogP contribution is 2.15. The van der Waals surface area contributed by atoms with E-state index in [1.54, 1.807) is 17.3 Å². The number of aliphatic carboxylic acids is 1. The lowest BCUT2D eigenvalue weighted by atomic mass is 10.1. The Morgan fingerprint density at radius 2 is 2.17 bits per heavy atom. The molecule has 0 radical (unpaired) electrons. The average Bonchev–Trinajstić information content (AvgIpc) is 2.91. The van der Waals surface area contributed by atoms with Crippen LogP contribution in [-0.2, 0) is 19.6 Å². The first kappa shape index (κ1) is 18.4. The standard InChI is InChI=1S/C14H21N3O6S/c1-10-5-15-6-12(10)14(20)16-3-4-23-11(7-16)8-17(9-13(18)19)24(2,21)22/h5-6,11,15H,3-4,7-9H2,1-2H3,(H,18,19). The van der Waals surface area contributed by atoms with E-state index in [2.05, 4.69) is 4.98 Å². The lowest BCUT2D eigenvalue weighted by molar-refractivity contribution is -0.137. The SMILES string of the molecule is Cc1c[nH]cc1C(=O)N1CCOC(CN(CC(=O)O)S(C)(=O)=O)C1. The van der Waals surface area contributed by atoms with E-state index in [4.69, 9.17) is 9.84 Å². The van der Waals surface area contributed by atoms with Crippen LogP contribution >= 0.6 is 0 Å². The fourth-order valence-corrected chi connectivity index (χ4v) is 3.33. The topological polar surface area (TPSA) is 120 Å². The number of carboxylic acids is 1. The zero-order valence-electron chi connectivity index (χ0n) is 13.6. The summed E-state index contributed by atoms with van der Waals surface area (Å²) < 4.78 is 29.8. The van der Waals surface area contributed by atoms with Gasteiger partial charge in [-0.25, -0.2) is 8.42 Å². The summed E-state index contributed by atoms with van der Waals surface area (Å²) in [7, 11) is -3.68. The molecule has 0 aromatic carbocycles. The normalized spacial score (nSPS) is 18.8. The van der Waals surface area contributed by atoms with Crippen LogP contribution in [0.4, 0.5) is 0 Å². The quantitative estimate of drug-likeness (QED) is 0.707. The molecule has 1 aliphatic rings. The number of nitrogens with zero attached hydrogens (tertiary/aromatic N) is 2. The maximum absolute atomic E-state index is 12.5. The highest BCUT2D eigenvalue weighted by atomic mass is 32.2. The molecular weight excluding hydrogens is 338 g/mol. The Balaban J connectivity index is 2.05. The Kier molecular flexibility index (Phi) is 5.62. The summed E-state index contributed by atoms with van der Waals surface area (Å²) in [5.74, 6) is -1.40. The molecule has 1 aliphatic heterocycles. The number of nitrogens with one attached hydrogen (secondary N) is 1. The smallest absolute Gasteiger partial charge is 0.318 e. The molecule has 1 amide bonds. The molecular formula is C14H21N3O6S. The first-order chi connectivity index (χ1) is 11.2. The summed E-state index contributed by atoms with van der Waals surface area (Å²) in [6, 6.07) is 0. The molecule has 134 valence electrons. The molecule has 1 fully saturated rings. The van der Waals surface area contributed by atoms with Crippen molar-refractivity contribution in [2.75, 3.05) is 39.0 Å². The summed E-state index contributed by atoms with van der Waals surface area (Å²) in [6.07, 6.45) is 3.72. The summed E-state index contributed by atoms with van der Waals surface area (Å²) >= 11 is 0. The lowest BCUT2D eigenvalue weighted by Crippen LogP contribution is -2.51. The van der Waals surface area contributed by atoms with E-state index in [1.807, 2.05) is 6.92 Å². The van der Waals surface area contributed by atoms with Crippen LogP contribution in [0.5, 0.6) is 0 Å². The lowest BCUT2D eigenvalue weighted by Gasteiger charge is -2.34. The van der Waals surface area contributed by atoms with Gasteiger partial charge in [0.25, 0.3) is 5.91 Å². The zero-order chi connectivity index (χ0) is 17.9. The highest BCUT2D eigenvalue weighted by Gasteiger charge is 2.30. The van der Waals surface area contributed by atoms with Crippen molar-refractivity contribution in [1.82, 2.24) is 14.2 Å². The van der Waals surface area contributed by atoms with Gasteiger partial charge in [-0.1, -0.05) is 0 Å². The predicted octanol–water partition coefficient (Wildman–Crippen LogP) is -0.490. The van der Waals surface area contributed by atoms with Gasteiger partial charge in [-0.15, -0.1) is 0 Å². The number of carboxylic acid groups (broad SMARTS) is 1. The molecule has 2 N–H and O–H groups in total. The Hall–Kier alpha value is -1.91. The maximum atomic E-state index is 12.5. The van der Waals surface area contributed by atoms with Gasteiger partial charge in [0.15, 0.2) is 0 Å². The molecule has 0 bridgehead atoms. The number of aromatic nitrogens is 1. The first-order valence-electron chi connectivity index (χ1n) is 7.39. The summed E-state index contributed by atoms with van der Waals surface area (Å²) in [4.78, 5) is 27.8. The zero-order valence-corrected chi connectivity index (χ0v) is 14.4. The number of hydrogen-bond acceptors (Lipinski definition) is 5. The Labute approximate surface area is 140 Å². The Bertz CT molecular complexity index is 714. The van der Waals surface area contributed by atoms with Crippen molar-refractivity contribution in [3.8, 4) is 0 Å². The summed E-state index contributed by atoms with van der Waals surface area (Å²) in [5, 5.41) is 8.86. The number of H-pyrrole nitrogens is 1. The van der Waals surface area contributed by atoms with Gasteiger partial charge in [-0.2, -0.15) is 4.31 Å². The molecule has 0 saturated carbocycles. The van der Waals surface area contributed by atoms with Gasteiger partial charge in [0.05, 0.1) is 24.5 Å². The maximum Gasteiger partial charge on any atom is 0.318 e. The van der Waals surface area contributed by atoms with Gasteiger partial charge in [0, 0.05) is 32.0 Å². The van der Waals surface area contributed by atoms with Crippen LogP contribution in [0, 0.1) is 6.92 Å². The molecule has 1 aromatic heterocycles. The second-order valence-electron chi connectivity index (χ2n) is 5.75. The minimum Gasteiger partial charge on any atom is -0.480 e. The molecule has 0 spiro atoms. The van der Waals surface area contributed by atoms with Crippen LogP contribution in [-0.4, -0.2) is 84.7 Å². The third kappa shape index (κ3) is 4.56. The average molecular weight is 359 g/mol. The second kappa shape index (κ2) is 7.32. The highest BCUT2D eigenvalue weighted by molar-refractivity contribution is 7.88. The number of aryl methyl sites for hydroxylation is 1. The summed E-state index contributed by atoms with van der Waals surface area (Å²) in [5.41, 5.74) is 1.38. The molecule has 2 heterocycles. The number of amides is 1. The fourth-order valence-electron chi connectivity index (χ4n) is 2.55. The number of hydrogen-bond donors (Lipinski definition) is 2. The van der Waals surface area contributed by atoms with Gasteiger partial charge < -0.3 is 19.7 Å². The van der Waals surface area contributed by atoms with Crippen LogP contribution < -0.4 is 0 Å². The van der Waals surface area contributed by atoms with E-state index < -0.39 is 28.6 Å². The summed E-state index contributed by atoms with van der Waals surface area (Å²) in [6.45, 7) is 1.95. The first-order valence-corrected chi connectivity index (χ1v) is 9.24. The number of rotatable bonds is 6. The van der Waals surface area contributed by atoms with Crippen molar-refractivity contribution in [3.63, 3.8) is 0 Å². The fraction of sp³-hybridized carbons (Fsp3) is 0.571. The largest absolute Gasteiger partial charge is 0.480 e. The number of carbonyl (C=O) groups excluding carboxylic acids is 1. The van der Waals surface area contributed by atoms with Crippen LogP contribution in [0.15, 0.2) is 12.4 Å². The van der Waals surface area contributed by atoms with E-state index in [9.17, 15) is 18.0 Å². The van der Waals surface area contributed by atoms with E-state index in [-0.39, 0.29) is 25.6 Å². The third-order valence-electron chi connectivity index (χ3n) is 3.80. The van der Waals surface area contributed by atoms with Crippen molar-refractivity contribution >= 4 is 21.9 Å². The number of carbonyl (C=O) groups is 2. The van der Waals surface area contributed by atoms with Gasteiger partial charge in [0.2, 0.25) is 10.0 Å². The number of aromatic amines is 1. The second-order valence-corrected chi connectivity index (χ2v) is 7.73. The minimum atomic E-state index is -3.68. The number of morpholine rings is 1. The van der Waals surface area contributed by atoms with E-state index in [0.717, 1.165) is 16.1 Å². The van der Waals surface area contributed by atoms with E-state index in [0.29, 0.717) is 12.1 Å². The molecule has 24 heavy (non-hydrogen) atoms. The number of sulfonamides is 1. The van der Waals surface area contributed by atoms with E-state index >= 15 is 0 Å². The third-order valence-corrected chi connectivity index (χ3v) is 5.01. The van der Waals surface area contributed by atoms with Crippen LogP contribution in [0.25, 0.3) is 0 Å². The number of ether oxygens (including phenoxy) is 1. The van der Waals surface area contributed by atoms with Gasteiger partial charge in [0.1, 0.15) is 6.54 Å². The van der Waals surface area contributed by atoms with Crippen LogP contribution in [0.1, 0.15) is 15.9 Å². The molecule has 1 saturated heterocycles. The van der Waals surface area contributed by atoms with Crippen molar-refractivity contribution in [1.29, 1.82) is 0 Å². The molecule has 1 unspecified atom stereocenters. The van der Waals surface area contributed by atoms with Crippen molar-refractivity contribution in [3.05, 3.63) is 23.5 Å². The molecule has 9 nitrogen and oxygen atoms in total. The van der Waals surface area contributed by atoms with Gasteiger partial charge in [-0.05, 0) is 12.5 Å². The molecule has 1 atom stereocenters. The molecule has 1 aromatic rings. The van der Waals surface area contributed by atoms with E-state index in [1.165, 1.54) is 0 Å². The molecule has 0 aliphatic carbocycles. The Morgan fingerprint density at radius 1 is 1.46 bits per heavy atom. The van der Waals surface area contributed by atoms with Crippen LogP contribution in [0.3, 0.4) is 0 Å². The van der Waals surface area contributed by atoms with Crippen molar-refractivity contribution in [2.24, 2.45) is 0 Å². The van der Waals surface area contributed by atoms with Crippen molar-refractivity contribution < 1.29 is 27.9 Å². The Morgan fingerprint density at radius 3 is 2.71 bits per heavy atom. The minimum absolute atomic E-state index is 0.110. The monoisotopic (exact) mass is 359 g/mol. The van der Waals surface area contributed by atoms with Gasteiger partial charge >= 0.3 is 5.97 Å². The van der Waals surface area contributed by atoms with Gasteiger partial charge in [-0.3, -0.25) is 9.59 Å².